The highest BCUT2D eigenvalue weighted by molar-refractivity contribution is 5.17. The van der Waals surface area contributed by atoms with Crippen molar-refractivity contribution in [1.29, 1.82) is 0 Å². The van der Waals surface area contributed by atoms with Crippen LogP contribution in [0.5, 0.6) is 0 Å². The number of hydrogen-bond donors (Lipinski definition) is 1. The van der Waals surface area contributed by atoms with Crippen molar-refractivity contribution in [1.82, 2.24) is 9.47 Å². The van der Waals surface area contributed by atoms with Gasteiger partial charge >= 0.3 is 0 Å². The summed E-state index contributed by atoms with van der Waals surface area (Å²) in [6.07, 6.45) is 0.345. The average Bonchev–Trinajstić information content (AvgIpc) is 2.25. The first-order valence-corrected chi connectivity index (χ1v) is 5.75. The molecule has 0 saturated carbocycles. The maximum absolute atomic E-state index is 11.8. The number of hydrogen-bond acceptors (Lipinski definition) is 3. The number of rotatable bonds is 0. The van der Waals surface area contributed by atoms with Gasteiger partial charge in [-0.3, -0.25) is 9.36 Å². The summed E-state index contributed by atoms with van der Waals surface area (Å²) in [5, 5.41) is 10.2. The van der Waals surface area contributed by atoms with Gasteiger partial charge in [0.2, 0.25) is 0 Å². The first-order valence-electron chi connectivity index (χ1n) is 5.75. The van der Waals surface area contributed by atoms with Crippen LogP contribution < -0.4 is 5.56 Å². The summed E-state index contributed by atoms with van der Waals surface area (Å²) in [5.74, 6) is 0.581. The lowest BCUT2D eigenvalue weighted by Crippen LogP contribution is -2.48. The fraction of sp³-hybridized carbons (Fsp3) is 0.583. The van der Waals surface area contributed by atoms with Crippen LogP contribution in [0.15, 0.2) is 23.0 Å². The number of aromatic nitrogens is 1. The van der Waals surface area contributed by atoms with Gasteiger partial charge in [0.1, 0.15) is 6.23 Å². The molecule has 1 fully saturated rings. The van der Waals surface area contributed by atoms with Crippen LogP contribution in [0.1, 0.15) is 24.3 Å². The molecule has 0 spiro atoms. The highest BCUT2D eigenvalue weighted by Crippen LogP contribution is 2.39. The maximum Gasteiger partial charge on any atom is 0.252 e. The van der Waals surface area contributed by atoms with Crippen LogP contribution in [0.3, 0.4) is 0 Å². The molecule has 1 aromatic heterocycles. The number of likely N-dealkylation sites (tertiary alicyclic amines) is 1. The molecule has 1 N–H and O–H groups in total. The summed E-state index contributed by atoms with van der Waals surface area (Å²) in [4.78, 5) is 14.0. The predicted molar refractivity (Wildman–Crippen MR) is 60.3 cm³/mol. The minimum atomic E-state index is -0.650. The zero-order valence-corrected chi connectivity index (χ0v) is 9.34. The Labute approximate surface area is 94.1 Å². The van der Waals surface area contributed by atoms with E-state index in [9.17, 15) is 9.90 Å². The zero-order valence-electron chi connectivity index (χ0n) is 9.34. The average molecular weight is 220 g/mol. The maximum atomic E-state index is 11.8. The van der Waals surface area contributed by atoms with E-state index in [1.165, 1.54) is 6.07 Å². The van der Waals surface area contributed by atoms with Crippen molar-refractivity contribution >= 4 is 0 Å². The monoisotopic (exact) mass is 220 g/mol. The van der Waals surface area contributed by atoms with E-state index in [4.69, 9.17) is 0 Å². The molecule has 1 aromatic rings. The van der Waals surface area contributed by atoms with Crippen LogP contribution >= 0.6 is 0 Å². The highest BCUT2D eigenvalue weighted by Gasteiger charge is 2.38. The third-order valence-electron chi connectivity index (χ3n) is 3.79. The Bertz CT molecular complexity index is 468. The van der Waals surface area contributed by atoms with E-state index in [2.05, 4.69) is 11.9 Å². The minimum Gasteiger partial charge on any atom is -0.373 e. The first-order chi connectivity index (χ1) is 7.66. The lowest BCUT2D eigenvalue weighted by Gasteiger charge is -2.43. The summed E-state index contributed by atoms with van der Waals surface area (Å²) >= 11 is 0. The van der Waals surface area contributed by atoms with Gasteiger partial charge in [0.15, 0.2) is 0 Å². The molecule has 0 aliphatic carbocycles. The van der Waals surface area contributed by atoms with E-state index < -0.39 is 6.23 Å². The van der Waals surface area contributed by atoms with Gasteiger partial charge in [-0.1, -0.05) is 6.07 Å². The molecule has 2 aliphatic rings. The fourth-order valence-electron chi connectivity index (χ4n) is 3.14. The summed E-state index contributed by atoms with van der Waals surface area (Å²) in [6.45, 7) is 1.85. The second-order valence-electron chi connectivity index (χ2n) is 4.99. The minimum absolute atomic E-state index is 0.0794. The molecule has 1 unspecified atom stereocenters. The molecule has 3 heterocycles. The van der Waals surface area contributed by atoms with Gasteiger partial charge in [-0.2, -0.15) is 0 Å². The van der Waals surface area contributed by atoms with E-state index in [1.54, 1.807) is 10.6 Å². The molecular formula is C12H16N2O2. The Morgan fingerprint density at radius 2 is 2.19 bits per heavy atom. The first kappa shape index (κ1) is 10.1. The molecule has 4 nitrogen and oxygen atoms in total. The molecule has 3 atom stereocenters. The normalized spacial score (nSPS) is 33.5. The van der Waals surface area contributed by atoms with E-state index in [0.29, 0.717) is 5.92 Å². The zero-order chi connectivity index (χ0) is 11.3. The van der Waals surface area contributed by atoms with Crippen molar-refractivity contribution in [3.63, 3.8) is 0 Å². The number of likely N-dealkylation sites (N-methyl/N-ethyl adjacent to an activating group) is 1. The van der Waals surface area contributed by atoms with Crippen molar-refractivity contribution in [2.75, 3.05) is 20.1 Å². The number of piperidine rings is 1. The Morgan fingerprint density at radius 3 is 3.00 bits per heavy atom. The molecule has 4 heteroatoms. The van der Waals surface area contributed by atoms with Crippen molar-refractivity contribution in [3.8, 4) is 0 Å². The van der Waals surface area contributed by atoms with Crippen LogP contribution in [0.4, 0.5) is 0 Å². The number of nitrogens with zero attached hydrogens (tertiary/aromatic N) is 2. The van der Waals surface area contributed by atoms with E-state index in [-0.39, 0.29) is 11.5 Å². The Kier molecular flexibility index (Phi) is 2.16. The van der Waals surface area contributed by atoms with E-state index in [1.807, 2.05) is 6.07 Å². The molecule has 2 bridgehead atoms. The van der Waals surface area contributed by atoms with Crippen LogP contribution in [0, 0.1) is 5.92 Å². The number of aliphatic hydroxyl groups excluding tert-OH is 1. The summed E-state index contributed by atoms with van der Waals surface area (Å²) in [6, 6.07) is 5.28. The molecule has 16 heavy (non-hydrogen) atoms. The van der Waals surface area contributed by atoms with Crippen LogP contribution in [-0.2, 0) is 0 Å². The number of pyridine rings is 1. The SMILES string of the molecule is CN1C[C@@H]2C[C@@H](C1)C(O)n1c2cccc1=O. The molecule has 3 rings (SSSR count). The van der Waals surface area contributed by atoms with Gasteiger partial charge < -0.3 is 10.0 Å². The molecule has 0 radical (unpaired) electrons. The Hall–Kier alpha value is -1.13. The van der Waals surface area contributed by atoms with Gasteiger partial charge in [0, 0.05) is 36.7 Å². The summed E-state index contributed by atoms with van der Waals surface area (Å²) < 4.78 is 1.58. The van der Waals surface area contributed by atoms with Crippen LogP contribution in [0.25, 0.3) is 0 Å². The largest absolute Gasteiger partial charge is 0.373 e. The molecule has 0 amide bonds. The van der Waals surface area contributed by atoms with Crippen molar-refractivity contribution < 1.29 is 5.11 Å². The van der Waals surface area contributed by atoms with E-state index in [0.717, 1.165) is 25.2 Å². The predicted octanol–water partition coefficient (Wildman–Crippen LogP) is 0.388. The third-order valence-corrected chi connectivity index (χ3v) is 3.79. The molecular weight excluding hydrogens is 204 g/mol. The van der Waals surface area contributed by atoms with Crippen molar-refractivity contribution in [3.05, 3.63) is 34.2 Å². The lowest BCUT2D eigenvalue weighted by molar-refractivity contribution is -0.0244. The molecule has 86 valence electrons. The fourth-order valence-corrected chi connectivity index (χ4v) is 3.14. The smallest absolute Gasteiger partial charge is 0.252 e. The highest BCUT2D eigenvalue weighted by atomic mass is 16.3. The Morgan fingerprint density at radius 1 is 1.38 bits per heavy atom. The van der Waals surface area contributed by atoms with Gasteiger partial charge in [0.05, 0.1) is 0 Å². The van der Waals surface area contributed by atoms with Crippen LogP contribution in [-0.4, -0.2) is 34.7 Å². The number of aliphatic hydroxyl groups is 1. The van der Waals surface area contributed by atoms with Crippen molar-refractivity contribution in [2.24, 2.45) is 5.92 Å². The van der Waals surface area contributed by atoms with Gasteiger partial charge in [-0.15, -0.1) is 0 Å². The van der Waals surface area contributed by atoms with Gasteiger partial charge in [-0.25, -0.2) is 0 Å². The summed E-state index contributed by atoms with van der Waals surface area (Å²) in [7, 11) is 2.07. The van der Waals surface area contributed by atoms with Gasteiger partial charge in [0.25, 0.3) is 5.56 Å². The third kappa shape index (κ3) is 1.33. The van der Waals surface area contributed by atoms with Crippen LogP contribution in [0.2, 0.25) is 0 Å². The quantitative estimate of drug-likeness (QED) is 0.688. The second kappa shape index (κ2) is 3.43. The van der Waals surface area contributed by atoms with Crippen molar-refractivity contribution in [2.45, 2.75) is 18.6 Å². The Balaban J connectivity index is 2.16. The summed E-state index contributed by atoms with van der Waals surface area (Å²) in [5.41, 5.74) is 0.909. The topological polar surface area (TPSA) is 45.5 Å². The van der Waals surface area contributed by atoms with Gasteiger partial charge in [-0.05, 0) is 19.5 Å². The van der Waals surface area contributed by atoms with E-state index >= 15 is 0 Å². The molecule has 1 saturated heterocycles. The lowest BCUT2D eigenvalue weighted by atomic mass is 9.82. The number of fused-ring (bicyclic) bond motifs is 4. The molecule has 0 aromatic carbocycles. The second-order valence-corrected chi connectivity index (χ2v) is 4.99. The standard InChI is InChI=1S/C12H16N2O2/c1-13-6-8-5-9(7-13)12(16)14-10(8)3-2-4-11(14)15/h2-4,8-9,12,16H,5-7H2,1H3/t8-,9-,12?/m0/s1. The molecule has 2 aliphatic heterocycles.